The molecular formula is C17H33N3O3S. The molecule has 24 heavy (non-hydrogen) atoms. The standard InChI is InChI=1S/C17H33N3O3S/c1-7-18-15(19-9-11-24(21,22)16(2,3)4)20-13-12-8-10-23-14(12)17(13,5)6/h12-14H,7-11H2,1-6H3,(H2,18,19,20). The predicted octanol–water partition coefficient (Wildman–Crippen LogP) is 1.57. The molecule has 1 aliphatic heterocycles. The minimum Gasteiger partial charge on any atom is -0.377 e. The number of aliphatic imine (C=N–C) groups is 1. The number of nitrogens with zero attached hydrogens (tertiary/aromatic N) is 1. The summed E-state index contributed by atoms with van der Waals surface area (Å²) >= 11 is 0. The fourth-order valence-corrected chi connectivity index (χ4v) is 4.61. The van der Waals surface area contributed by atoms with Gasteiger partial charge < -0.3 is 15.4 Å². The number of ether oxygens (including phenoxy) is 1. The SMILES string of the molecule is CCNC(=NCCS(=O)(=O)C(C)(C)C)NC1C2CCOC2C1(C)C. The van der Waals surface area contributed by atoms with E-state index < -0.39 is 14.6 Å². The van der Waals surface area contributed by atoms with Gasteiger partial charge in [0.2, 0.25) is 0 Å². The van der Waals surface area contributed by atoms with Gasteiger partial charge in [-0.3, -0.25) is 4.99 Å². The molecule has 0 spiro atoms. The van der Waals surface area contributed by atoms with Crippen molar-refractivity contribution in [2.75, 3.05) is 25.4 Å². The fraction of sp³-hybridized carbons (Fsp3) is 0.941. The van der Waals surface area contributed by atoms with Crippen molar-refractivity contribution in [2.45, 2.75) is 64.9 Å². The highest BCUT2D eigenvalue weighted by Gasteiger charge is 2.59. The molecule has 0 bridgehead atoms. The molecule has 0 radical (unpaired) electrons. The normalized spacial score (nSPS) is 29.8. The summed E-state index contributed by atoms with van der Waals surface area (Å²) in [6.07, 6.45) is 1.39. The third-order valence-electron chi connectivity index (χ3n) is 5.30. The minimum absolute atomic E-state index is 0.0643. The van der Waals surface area contributed by atoms with E-state index in [1.54, 1.807) is 20.8 Å². The van der Waals surface area contributed by atoms with Crippen molar-refractivity contribution in [1.82, 2.24) is 10.6 Å². The molecule has 1 saturated heterocycles. The first kappa shape index (κ1) is 19.5. The van der Waals surface area contributed by atoms with E-state index in [-0.39, 0.29) is 17.7 Å². The van der Waals surface area contributed by atoms with Crippen LogP contribution in [-0.4, -0.2) is 56.7 Å². The van der Waals surface area contributed by atoms with Gasteiger partial charge >= 0.3 is 0 Å². The summed E-state index contributed by atoms with van der Waals surface area (Å²) in [5.74, 6) is 1.28. The Morgan fingerprint density at radius 2 is 2.00 bits per heavy atom. The molecule has 3 atom stereocenters. The first-order valence-electron chi connectivity index (χ1n) is 8.89. The second-order valence-corrected chi connectivity index (χ2v) is 11.2. The first-order chi connectivity index (χ1) is 11.0. The Balaban J connectivity index is 1.99. The van der Waals surface area contributed by atoms with E-state index in [2.05, 4.69) is 29.5 Å². The largest absolute Gasteiger partial charge is 0.377 e. The van der Waals surface area contributed by atoms with E-state index in [9.17, 15) is 8.42 Å². The molecule has 7 heteroatoms. The summed E-state index contributed by atoms with van der Waals surface area (Å²) in [6.45, 7) is 13.5. The maximum atomic E-state index is 12.2. The summed E-state index contributed by atoms with van der Waals surface area (Å²) in [5, 5.41) is 6.73. The van der Waals surface area contributed by atoms with Crippen molar-refractivity contribution in [3.05, 3.63) is 0 Å². The smallest absolute Gasteiger partial charge is 0.191 e. The van der Waals surface area contributed by atoms with Gasteiger partial charge in [-0.15, -0.1) is 0 Å². The van der Waals surface area contributed by atoms with Gasteiger partial charge in [-0.1, -0.05) is 13.8 Å². The quantitative estimate of drug-likeness (QED) is 0.575. The van der Waals surface area contributed by atoms with Crippen molar-refractivity contribution in [2.24, 2.45) is 16.3 Å². The molecule has 0 amide bonds. The summed E-state index contributed by atoms with van der Waals surface area (Å²) in [5.41, 5.74) is 0.0643. The minimum atomic E-state index is -3.15. The van der Waals surface area contributed by atoms with Gasteiger partial charge in [0.25, 0.3) is 0 Å². The molecule has 0 aromatic heterocycles. The van der Waals surface area contributed by atoms with Crippen LogP contribution in [0.15, 0.2) is 4.99 Å². The molecule has 1 saturated carbocycles. The van der Waals surface area contributed by atoms with Crippen LogP contribution in [0.2, 0.25) is 0 Å². The Hall–Kier alpha value is -0.820. The summed E-state index contributed by atoms with van der Waals surface area (Å²) in [4.78, 5) is 4.49. The molecule has 2 rings (SSSR count). The van der Waals surface area contributed by atoms with Gasteiger partial charge in [0.15, 0.2) is 15.8 Å². The maximum absolute atomic E-state index is 12.2. The Labute approximate surface area is 146 Å². The molecule has 0 aromatic rings. The van der Waals surface area contributed by atoms with Gasteiger partial charge in [-0.05, 0) is 34.1 Å². The zero-order valence-electron chi connectivity index (χ0n) is 15.8. The van der Waals surface area contributed by atoms with Crippen molar-refractivity contribution < 1.29 is 13.2 Å². The number of rotatable bonds is 5. The van der Waals surface area contributed by atoms with Gasteiger partial charge in [0.05, 0.1) is 23.1 Å². The highest BCUT2D eigenvalue weighted by atomic mass is 32.2. The van der Waals surface area contributed by atoms with Crippen molar-refractivity contribution in [3.63, 3.8) is 0 Å². The zero-order chi connectivity index (χ0) is 18.2. The summed E-state index contributed by atoms with van der Waals surface area (Å²) in [6, 6.07) is 0.307. The van der Waals surface area contributed by atoms with Crippen LogP contribution in [0.3, 0.4) is 0 Å². The second kappa shape index (κ2) is 6.83. The lowest BCUT2D eigenvalue weighted by Gasteiger charge is -2.54. The van der Waals surface area contributed by atoms with E-state index in [1.165, 1.54) is 0 Å². The predicted molar refractivity (Wildman–Crippen MR) is 98.1 cm³/mol. The van der Waals surface area contributed by atoms with E-state index in [4.69, 9.17) is 4.74 Å². The highest BCUT2D eigenvalue weighted by Crippen LogP contribution is 2.52. The average Bonchev–Trinajstić information content (AvgIpc) is 2.90. The molecule has 2 N–H and O–H groups in total. The number of hydrogen-bond acceptors (Lipinski definition) is 4. The van der Waals surface area contributed by atoms with E-state index in [0.717, 1.165) is 19.6 Å². The Kier molecular flexibility index (Phi) is 5.55. The van der Waals surface area contributed by atoms with Gasteiger partial charge in [0, 0.05) is 30.5 Å². The van der Waals surface area contributed by atoms with Crippen LogP contribution in [0.4, 0.5) is 0 Å². The van der Waals surface area contributed by atoms with Crippen molar-refractivity contribution in [3.8, 4) is 0 Å². The topological polar surface area (TPSA) is 79.8 Å². The van der Waals surface area contributed by atoms with Crippen LogP contribution in [0, 0.1) is 11.3 Å². The number of guanidine groups is 1. The Morgan fingerprint density at radius 3 is 2.58 bits per heavy atom. The van der Waals surface area contributed by atoms with Crippen LogP contribution in [0.1, 0.15) is 48.0 Å². The maximum Gasteiger partial charge on any atom is 0.191 e. The van der Waals surface area contributed by atoms with Crippen LogP contribution < -0.4 is 10.6 Å². The summed E-state index contributed by atoms with van der Waals surface area (Å²) < 4.78 is 29.5. The van der Waals surface area contributed by atoms with Gasteiger partial charge in [-0.25, -0.2) is 8.42 Å². The second-order valence-electron chi connectivity index (χ2n) is 8.38. The lowest BCUT2D eigenvalue weighted by Crippen LogP contribution is -2.68. The van der Waals surface area contributed by atoms with E-state index in [0.29, 0.717) is 24.0 Å². The van der Waals surface area contributed by atoms with Gasteiger partial charge in [0.1, 0.15) is 0 Å². The third-order valence-corrected chi connectivity index (χ3v) is 7.89. The molecule has 1 heterocycles. The number of sulfone groups is 1. The van der Waals surface area contributed by atoms with E-state index >= 15 is 0 Å². The monoisotopic (exact) mass is 359 g/mol. The lowest BCUT2D eigenvalue weighted by molar-refractivity contribution is -0.106. The Bertz CT molecular complexity index is 578. The third kappa shape index (κ3) is 3.72. The van der Waals surface area contributed by atoms with Gasteiger partial charge in [-0.2, -0.15) is 0 Å². The molecule has 3 unspecified atom stereocenters. The number of fused-ring (bicyclic) bond motifs is 1. The van der Waals surface area contributed by atoms with Crippen LogP contribution in [0.25, 0.3) is 0 Å². The molecule has 140 valence electrons. The lowest BCUT2D eigenvalue weighted by atomic mass is 9.57. The van der Waals surface area contributed by atoms with Crippen LogP contribution in [0.5, 0.6) is 0 Å². The van der Waals surface area contributed by atoms with Crippen LogP contribution >= 0.6 is 0 Å². The molecule has 0 aromatic carbocycles. The zero-order valence-corrected chi connectivity index (χ0v) is 16.7. The van der Waals surface area contributed by atoms with Crippen molar-refractivity contribution >= 4 is 15.8 Å². The molecule has 6 nitrogen and oxygen atoms in total. The first-order valence-corrected chi connectivity index (χ1v) is 10.5. The molecule has 2 aliphatic rings. The molecular weight excluding hydrogens is 326 g/mol. The number of hydrogen-bond donors (Lipinski definition) is 2. The number of nitrogens with one attached hydrogen (secondary N) is 2. The highest BCUT2D eigenvalue weighted by molar-refractivity contribution is 7.92. The molecule has 1 aliphatic carbocycles. The average molecular weight is 360 g/mol. The fourth-order valence-electron chi connectivity index (χ4n) is 3.67. The van der Waals surface area contributed by atoms with Crippen LogP contribution in [-0.2, 0) is 14.6 Å². The van der Waals surface area contributed by atoms with E-state index in [1.807, 2.05) is 6.92 Å². The summed E-state index contributed by atoms with van der Waals surface area (Å²) in [7, 11) is -3.15. The molecule has 2 fully saturated rings. The van der Waals surface area contributed by atoms with Crippen molar-refractivity contribution in [1.29, 1.82) is 0 Å². The Morgan fingerprint density at radius 1 is 1.33 bits per heavy atom.